The maximum atomic E-state index is 13.5. The lowest BCUT2D eigenvalue weighted by atomic mass is 10.2. The Balaban J connectivity index is 2.18. The van der Waals surface area contributed by atoms with E-state index < -0.39 is 27.9 Å². The predicted octanol–water partition coefficient (Wildman–Crippen LogP) is 1.50. The number of benzene rings is 1. The Kier molecular flexibility index (Phi) is 3.49. The summed E-state index contributed by atoms with van der Waals surface area (Å²) >= 11 is 0. The van der Waals surface area contributed by atoms with E-state index in [9.17, 15) is 17.6 Å². The quantitative estimate of drug-likeness (QED) is 0.845. The van der Waals surface area contributed by atoms with Crippen LogP contribution >= 0.6 is 0 Å². The summed E-state index contributed by atoms with van der Waals surface area (Å²) in [6.07, 6.45) is -0.293. The third-order valence-corrected chi connectivity index (χ3v) is 3.81. The molecule has 1 aromatic carbocycles. The highest BCUT2D eigenvalue weighted by molar-refractivity contribution is 7.90. The van der Waals surface area contributed by atoms with Crippen molar-refractivity contribution in [3.05, 3.63) is 29.6 Å². The Morgan fingerprint density at radius 2 is 2.16 bits per heavy atom. The first-order chi connectivity index (χ1) is 8.76. The van der Waals surface area contributed by atoms with Crippen molar-refractivity contribution in [1.29, 1.82) is 0 Å². The highest BCUT2D eigenvalue weighted by Crippen LogP contribution is 2.24. The van der Waals surface area contributed by atoms with Gasteiger partial charge in [-0.2, -0.15) is 0 Å². The number of amides is 1. The zero-order valence-corrected chi connectivity index (χ0v) is 11.4. The number of sulfone groups is 1. The molecule has 0 radical (unpaired) electrons. The van der Waals surface area contributed by atoms with Crippen LogP contribution in [0.3, 0.4) is 0 Å². The summed E-state index contributed by atoms with van der Waals surface area (Å²) in [6, 6.07) is 4.39. The Hall–Kier alpha value is -1.63. The molecule has 0 bridgehead atoms. The maximum Gasteiger partial charge on any atom is 0.414 e. The van der Waals surface area contributed by atoms with Gasteiger partial charge in [0.25, 0.3) is 0 Å². The van der Waals surface area contributed by atoms with Crippen molar-refractivity contribution < 1.29 is 22.3 Å². The molecular formula is C12H14FNO4S. The molecule has 0 aromatic heterocycles. The largest absolute Gasteiger partial charge is 0.443 e. The Morgan fingerprint density at radius 1 is 1.47 bits per heavy atom. The molecule has 2 rings (SSSR count). The Morgan fingerprint density at radius 3 is 2.74 bits per heavy atom. The van der Waals surface area contributed by atoms with Gasteiger partial charge in [-0.25, -0.2) is 17.6 Å². The van der Waals surface area contributed by atoms with E-state index in [-0.39, 0.29) is 12.3 Å². The van der Waals surface area contributed by atoms with Crippen molar-refractivity contribution in [2.45, 2.75) is 13.0 Å². The zero-order valence-electron chi connectivity index (χ0n) is 10.6. The van der Waals surface area contributed by atoms with Gasteiger partial charge in [0, 0.05) is 6.26 Å². The molecule has 1 aliphatic heterocycles. The van der Waals surface area contributed by atoms with Crippen LogP contribution in [0.15, 0.2) is 18.2 Å². The molecule has 0 spiro atoms. The number of rotatable bonds is 3. The topological polar surface area (TPSA) is 63.7 Å². The van der Waals surface area contributed by atoms with Gasteiger partial charge in [0.15, 0.2) is 9.84 Å². The second-order valence-corrected chi connectivity index (χ2v) is 6.83. The van der Waals surface area contributed by atoms with Crippen LogP contribution < -0.4 is 4.90 Å². The van der Waals surface area contributed by atoms with Gasteiger partial charge in [-0.3, -0.25) is 4.90 Å². The molecule has 0 unspecified atom stereocenters. The highest BCUT2D eigenvalue weighted by atomic mass is 32.2. The van der Waals surface area contributed by atoms with E-state index >= 15 is 0 Å². The number of hydrogen-bond donors (Lipinski definition) is 0. The molecule has 0 saturated carbocycles. The smallest absolute Gasteiger partial charge is 0.414 e. The number of cyclic esters (lactones) is 1. The molecule has 1 heterocycles. The number of aryl methyl sites for hydroxylation is 1. The first kappa shape index (κ1) is 13.8. The fourth-order valence-corrected chi connectivity index (χ4v) is 2.76. The second-order valence-electron chi connectivity index (χ2n) is 4.64. The van der Waals surface area contributed by atoms with Crippen LogP contribution in [0.2, 0.25) is 0 Å². The summed E-state index contributed by atoms with van der Waals surface area (Å²) in [7, 11) is -3.23. The van der Waals surface area contributed by atoms with Gasteiger partial charge in [-0.15, -0.1) is 0 Å². The number of halogens is 1. The number of carbonyl (C=O) groups excluding carboxylic acids is 1. The summed E-state index contributed by atoms with van der Waals surface area (Å²) in [5.41, 5.74) is 0.841. The van der Waals surface area contributed by atoms with E-state index in [2.05, 4.69) is 0 Å². The molecule has 1 aliphatic rings. The fourth-order valence-electron chi connectivity index (χ4n) is 1.91. The minimum Gasteiger partial charge on any atom is -0.443 e. The summed E-state index contributed by atoms with van der Waals surface area (Å²) in [6.45, 7) is 1.72. The lowest BCUT2D eigenvalue weighted by molar-refractivity contribution is 0.151. The Bertz CT molecular complexity index is 614. The minimum atomic E-state index is -3.23. The zero-order chi connectivity index (χ0) is 14.2. The van der Waals surface area contributed by atoms with Gasteiger partial charge in [0.2, 0.25) is 0 Å². The van der Waals surface area contributed by atoms with Crippen LogP contribution in [-0.4, -0.2) is 39.2 Å². The van der Waals surface area contributed by atoms with Crippen molar-refractivity contribution >= 4 is 21.6 Å². The van der Waals surface area contributed by atoms with E-state index in [0.29, 0.717) is 11.3 Å². The van der Waals surface area contributed by atoms with Gasteiger partial charge in [-0.1, -0.05) is 6.07 Å². The third kappa shape index (κ3) is 3.23. The van der Waals surface area contributed by atoms with Gasteiger partial charge in [-0.05, 0) is 24.6 Å². The number of hydrogen-bond acceptors (Lipinski definition) is 4. The minimum absolute atomic E-state index is 0.106. The molecule has 1 atom stereocenters. The third-order valence-electron chi connectivity index (χ3n) is 2.83. The number of anilines is 1. The van der Waals surface area contributed by atoms with E-state index in [4.69, 9.17) is 4.74 Å². The molecule has 1 amide bonds. The second kappa shape index (κ2) is 4.80. The Labute approximate surface area is 110 Å². The first-order valence-corrected chi connectivity index (χ1v) is 7.74. The molecule has 1 saturated heterocycles. The normalized spacial score (nSPS) is 19.6. The van der Waals surface area contributed by atoms with Gasteiger partial charge in [0.05, 0.1) is 18.0 Å². The average molecular weight is 287 g/mol. The van der Waals surface area contributed by atoms with E-state index in [1.54, 1.807) is 19.1 Å². The molecule has 0 aliphatic carbocycles. The maximum absolute atomic E-state index is 13.5. The van der Waals surface area contributed by atoms with E-state index in [1.807, 2.05) is 0 Å². The lowest BCUT2D eigenvalue weighted by Crippen LogP contribution is -2.27. The summed E-state index contributed by atoms with van der Waals surface area (Å²) in [4.78, 5) is 12.9. The number of nitrogens with zero attached hydrogens (tertiary/aromatic N) is 1. The van der Waals surface area contributed by atoms with Crippen molar-refractivity contribution in [1.82, 2.24) is 0 Å². The lowest BCUT2D eigenvalue weighted by Gasteiger charge is -2.13. The summed E-state index contributed by atoms with van der Waals surface area (Å²) < 4.78 is 40.7. The molecule has 19 heavy (non-hydrogen) atoms. The van der Waals surface area contributed by atoms with Crippen LogP contribution in [-0.2, 0) is 14.6 Å². The van der Waals surface area contributed by atoms with Gasteiger partial charge >= 0.3 is 6.09 Å². The predicted molar refractivity (Wildman–Crippen MR) is 68.5 cm³/mol. The molecule has 5 nitrogen and oxygen atoms in total. The van der Waals surface area contributed by atoms with E-state index in [1.165, 1.54) is 11.0 Å². The van der Waals surface area contributed by atoms with Crippen molar-refractivity contribution in [2.75, 3.05) is 23.5 Å². The molecule has 7 heteroatoms. The molecular weight excluding hydrogens is 273 g/mol. The SMILES string of the molecule is Cc1ccc(N2C[C@H](CS(C)(=O)=O)OC2=O)cc1F. The van der Waals surface area contributed by atoms with Crippen LogP contribution in [0.1, 0.15) is 5.56 Å². The number of carbonyl (C=O) groups is 1. The van der Waals surface area contributed by atoms with Crippen molar-refractivity contribution in [3.8, 4) is 0 Å². The molecule has 1 aromatic rings. The van der Waals surface area contributed by atoms with Crippen molar-refractivity contribution in [2.24, 2.45) is 0 Å². The number of ether oxygens (including phenoxy) is 1. The fraction of sp³-hybridized carbons (Fsp3) is 0.417. The van der Waals surface area contributed by atoms with Crippen LogP contribution in [0.4, 0.5) is 14.9 Å². The van der Waals surface area contributed by atoms with Gasteiger partial charge < -0.3 is 4.74 Å². The van der Waals surface area contributed by atoms with E-state index in [0.717, 1.165) is 6.26 Å². The van der Waals surface area contributed by atoms with Crippen LogP contribution in [0.5, 0.6) is 0 Å². The highest BCUT2D eigenvalue weighted by Gasteiger charge is 2.34. The monoisotopic (exact) mass is 287 g/mol. The summed E-state index contributed by atoms with van der Waals surface area (Å²) in [5.74, 6) is -0.652. The summed E-state index contributed by atoms with van der Waals surface area (Å²) in [5, 5.41) is 0. The van der Waals surface area contributed by atoms with Crippen molar-refractivity contribution in [3.63, 3.8) is 0 Å². The van der Waals surface area contributed by atoms with Crippen LogP contribution in [0, 0.1) is 12.7 Å². The molecule has 0 N–H and O–H groups in total. The van der Waals surface area contributed by atoms with Crippen LogP contribution in [0.25, 0.3) is 0 Å². The van der Waals surface area contributed by atoms with Gasteiger partial charge in [0.1, 0.15) is 11.9 Å². The first-order valence-electron chi connectivity index (χ1n) is 5.68. The average Bonchev–Trinajstić information content (AvgIpc) is 2.61. The molecule has 104 valence electrons. The standard InChI is InChI=1S/C12H14FNO4S/c1-8-3-4-9(5-11(8)13)14-6-10(18-12(14)15)7-19(2,16)17/h3-5,10H,6-7H2,1-2H3/t10-/m1/s1. The molecule has 1 fully saturated rings.